The van der Waals surface area contributed by atoms with Crippen LogP contribution in [-0.2, 0) is 13.5 Å². The summed E-state index contributed by atoms with van der Waals surface area (Å²) in [6.07, 6.45) is 4.66. The number of phenols is 1. The maximum atomic E-state index is 9.58. The molecular formula is C12H14N2OS. The highest BCUT2D eigenvalue weighted by atomic mass is 32.2. The molecule has 0 saturated heterocycles. The molecule has 0 aliphatic heterocycles. The van der Waals surface area contributed by atoms with Crippen LogP contribution < -0.4 is 0 Å². The van der Waals surface area contributed by atoms with E-state index >= 15 is 0 Å². The first-order valence-electron chi connectivity index (χ1n) is 5.14. The van der Waals surface area contributed by atoms with Crippen LogP contribution in [0.2, 0.25) is 0 Å². The molecule has 16 heavy (non-hydrogen) atoms. The van der Waals surface area contributed by atoms with Crippen molar-refractivity contribution in [2.45, 2.75) is 11.3 Å². The first-order valence-corrected chi connectivity index (χ1v) is 6.13. The van der Waals surface area contributed by atoms with E-state index in [0.29, 0.717) is 5.75 Å². The highest BCUT2D eigenvalue weighted by molar-refractivity contribution is 7.99. The Morgan fingerprint density at radius 3 is 2.88 bits per heavy atom. The zero-order valence-corrected chi connectivity index (χ0v) is 9.94. The molecule has 2 aromatic rings. The van der Waals surface area contributed by atoms with Gasteiger partial charge in [-0.1, -0.05) is 12.1 Å². The van der Waals surface area contributed by atoms with E-state index in [-0.39, 0.29) is 0 Å². The van der Waals surface area contributed by atoms with Crippen molar-refractivity contribution < 1.29 is 5.11 Å². The Morgan fingerprint density at radius 1 is 1.38 bits per heavy atom. The van der Waals surface area contributed by atoms with Gasteiger partial charge in [-0.2, -0.15) is 0 Å². The van der Waals surface area contributed by atoms with Crippen molar-refractivity contribution in [2.24, 2.45) is 7.05 Å². The molecule has 0 radical (unpaired) electrons. The lowest BCUT2D eigenvalue weighted by Gasteiger charge is -2.04. The van der Waals surface area contributed by atoms with Crippen LogP contribution >= 0.6 is 11.8 Å². The Labute approximate surface area is 99.1 Å². The number of benzene rings is 1. The van der Waals surface area contributed by atoms with Gasteiger partial charge in [-0.15, -0.1) is 11.8 Å². The monoisotopic (exact) mass is 234 g/mol. The third-order valence-corrected chi connectivity index (χ3v) is 3.43. The molecule has 0 unspecified atom stereocenters. The summed E-state index contributed by atoms with van der Waals surface area (Å²) in [5, 5.41) is 9.58. The van der Waals surface area contributed by atoms with Gasteiger partial charge in [-0.25, -0.2) is 4.98 Å². The number of phenolic OH excluding ortho intramolecular Hbond substituents is 1. The number of hydrogen-bond acceptors (Lipinski definition) is 3. The van der Waals surface area contributed by atoms with Crippen molar-refractivity contribution in [3.05, 3.63) is 42.5 Å². The number of aryl methyl sites for hydroxylation is 2. The number of aromatic hydroxyl groups is 1. The average Bonchev–Trinajstić information content (AvgIpc) is 2.67. The zero-order valence-electron chi connectivity index (χ0n) is 9.13. The summed E-state index contributed by atoms with van der Waals surface area (Å²) in [6, 6.07) is 7.41. The summed E-state index contributed by atoms with van der Waals surface area (Å²) in [4.78, 5) is 5.18. The maximum absolute atomic E-state index is 9.58. The Balaban J connectivity index is 1.89. The van der Waals surface area contributed by atoms with Crippen LogP contribution in [0.25, 0.3) is 0 Å². The van der Waals surface area contributed by atoms with Gasteiger partial charge in [0.2, 0.25) is 0 Å². The third kappa shape index (κ3) is 2.58. The molecule has 0 atom stereocenters. The molecule has 0 bridgehead atoms. The number of rotatable bonds is 4. The van der Waals surface area contributed by atoms with Gasteiger partial charge < -0.3 is 9.67 Å². The van der Waals surface area contributed by atoms with Crippen molar-refractivity contribution in [2.75, 3.05) is 5.75 Å². The Kier molecular flexibility index (Phi) is 3.51. The van der Waals surface area contributed by atoms with Gasteiger partial charge in [0, 0.05) is 36.5 Å². The number of aromatic nitrogens is 2. The summed E-state index contributed by atoms with van der Waals surface area (Å²) >= 11 is 1.65. The highest BCUT2D eigenvalue weighted by Gasteiger charge is 2.02. The minimum absolute atomic E-state index is 0.354. The van der Waals surface area contributed by atoms with Gasteiger partial charge in [0.15, 0.2) is 0 Å². The molecule has 0 spiro atoms. The van der Waals surface area contributed by atoms with Crippen LogP contribution in [0.4, 0.5) is 0 Å². The second-order valence-corrected chi connectivity index (χ2v) is 4.66. The Hall–Kier alpha value is -1.42. The quantitative estimate of drug-likeness (QED) is 0.826. The molecule has 0 saturated carbocycles. The Morgan fingerprint density at radius 2 is 2.19 bits per heavy atom. The van der Waals surface area contributed by atoms with Gasteiger partial charge in [0.1, 0.15) is 11.6 Å². The minimum Gasteiger partial charge on any atom is -0.507 e. The molecule has 1 heterocycles. The standard InChI is InChI=1S/C12H14N2OS/c1-14-8-7-13-12(14)6-9-16-11-5-3-2-4-10(11)15/h2-5,7-8,15H,6,9H2,1H3. The van der Waals surface area contributed by atoms with E-state index in [1.807, 2.05) is 36.0 Å². The van der Waals surface area contributed by atoms with Crippen LogP contribution in [0, 0.1) is 0 Å². The second kappa shape index (κ2) is 5.07. The number of imidazole rings is 1. The lowest BCUT2D eigenvalue weighted by Crippen LogP contribution is -1.98. The summed E-state index contributed by atoms with van der Waals surface area (Å²) in [5.41, 5.74) is 0. The first-order chi connectivity index (χ1) is 7.77. The summed E-state index contributed by atoms with van der Waals surface area (Å²) in [7, 11) is 1.99. The van der Waals surface area contributed by atoms with Crippen LogP contribution in [0.3, 0.4) is 0 Å². The molecule has 2 rings (SSSR count). The molecule has 0 amide bonds. The van der Waals surface area contributed by atoms with Crippen molar-refractivity contribution >= 4 is 11.8 Å². The van der Waals surface area contributed by atoms with E-state index in [0.717, 1.165) is 22.9 Å². The normalized spacial score (nSPS) is 10.6. The van der Waals surface area contributed by atoms with Gasteiger partial charge in [-0.3, -0.25) is 0 Å². The predicted molar refractivity (Wildman–Crippen MR) is 65.7 cm³/mol. The van der Waals surface area contributed by atoms with E-state index in [9.17, 15) is 5.11 Å². The number of hydrogen-bond donors (Lipinski definition) is 1. The van der Waals surface area contributed by atoms with E-state index in [4.69, 9.17) is 0 Å². The molecule has 1 aromatic carbocycles. The minimum atomic E-state index is 0.354. The summed E-state index contributed by atoms with van der Waals surface area (Å²) < 4.78 is 2.02. The molecule has 0 aliphatic carbocycles. The second-order valence-electron chi connectivity index (χ2n) is 3.52. The molecule has 0 fully saturated rings. The van der Waals surface area contributed by atoms with Crippen LogP contribution in [0.1, 0.15) is 5.82 Å². The number of nitrogens with zero attached hydrogens (tertiary/aromatic N) is 2. The molecule has 0 aliphatic rings. The van der Waals surface area contributed by atoms with E-state index in [1.165, 1.54) is 0 Å². The van der Waals surface area contributed by atoms with Gasteiger partial charge in [0.25, 0.3) is 0 Å². The third-order valence-electron chi connectivity index (χ3n) is 2.37. The number of thioether (sulfide) groups is 1. The molecule has 1 N–H and O–H groups in total. The zero-order chi connectivity index (χ0) is 11.4. The molecule has 84 valence electrons. The largest absolute Gasteiger partial charge is 0.507 e. The topological polar surface area (TPSA) is 38.0 Å². The van der Waals surface area contributed by atoms with Crippen molar-refractivity contribution in [1.82, 2.24) is 9.55 Å². The smallest absolute Gasteiger partial charge is 0.129 e. The lowest BCUT2D eigenvalue weighted by atomic mass is 10.3. The van der Waals surface area contributed by atoms with Crippen LogP contribution in [0.15, 0.2) is 41.6 Å². The van der Waals surface area contributed by atoms with Gasteiger partial charge in [0.05, 0.1) is 0 Å². The fraction of sp³-hybridized carbons (Fsp3) is 0.250. The van der Waals surface area contributed by atoms with Crippen molar-refractivity contribution in [3.63, 3.8) is 0 Å². The first kappa shape index (κ1) is 11.1. The molecule has 4 heteroatoms. The fourth-order valence-electron chi connectivity index (χ4n) is 1.47. The number of para-hydroxylation sites is 1. The van der Waals surface area contributed by atoms with Crippen LogP contribution in [0.5, 0.6) is 5.75 Å². The SMILES string of the molecule is Cn1ccnc1CCSc1ccccc1O. The molecular weight excluding hydrogens is 220 g/mol. The van der Waals surface area contributed by atoms with Gasteiger partial charge in [-0.05, 0) is 12.1 Å². The van der Waals surface area contributed by atoms with Gasteiger partial charge >= 0.3 is 0 Å². The molecule has 1 aromatic heterocycles. The maximum Gasteiger partial charge on any atom is 0.129 e. The van der Waals surface area contributed by atoms with Crippen molar-refractivity contribution in [3.8, 4) is 5.75 Å². The molecule has 3 nitrogen and oxygen atoms in total. The average molecular weight is 234 g/mol. The lowest BCUT2D eigenvalue weighted by molar-refractivity contribution is 0.462. The summed E-state index contributed by atoms with van der Waals surface area (Å²) in [5.74, 6) is 2.35. The summed E-state index contributed by atoms with van der Waals surface area (Å²) in [6.45, 7) is 0. The van der Waals surface area contributed by atoms with E-state index < -0.39 is 0 Å². The highest BCUT2D eigenvalue weighted by Crippen LogP contribution is 2.27. The van der Waals surface area contributed by atoms with Crippen molar-refractivity contribution in [1.29, 1.82) is 0 Å². The van der Waals surface area contributed by atoms with Crippen LogP contribution in [-0.4, -0.2) is 20.4 Å². The van der Waals surface area contributed by atoms with E-state index in [1.54, 1.807) is 24.0 Å². The Bertz CT molecular complexity index is 468. The predicted octanol–water partition coefficient (Wildman–Crippen LogP) is 2.46. The fourth-order valence-corrected chi connectivity index (χ4v) is 2.36. The van der Waals surface area contributed by atoms with E-state index in [2.05, 4.69) is 4.98 Å².